The van der Waals surface area contributed by atoms with Gasteiger partial charge < -0.3 is 15.2 Å². The summed E-state index contributed by atoms with van der Waals surface area (Å²) in [5.74, 6) is 0.242. The van der Waals surface area contributed by atoms with Gasteiger partial charge in [-0.25, -0.2) is 0 Å². The highest BCUT2D eigenvalue weighted by Crippen LogP contribution is 2.25. The fraction of sp³-hybridized carbons (Fsp3) is 0.235. The molecule has 1 atom stereocenters. The molecule has 116 valence electrons. The minimum Gasteiger partial charge on any atom is -0.481 e. The van der Waals surface area contributed by atoms with Crippen LogP contribution in [0.15, 0.2) is 42.5 Å². The lowest BCUT2D eigenvalue weighted by atomic mass is 10.2. The van der Waals surface area contributed by atoms with E-state index in [1.54, 1.807) is 37.3 Å². The number of aliphatic hydroxyl groups is 1. The number of aryl methyl sites for hydroxylation is 1. The minimum absolute atomic E-state index is 0.0727. The Labute approximate surface area is 134 Å². The number of halogens is 1. The number of amides is 1. The fourth-order valence-corrected chi connectivity index (χ4v) is 2.13. The molecular formula is C17H18ClNO3. The third-order valence-corrected chi connectivity index (χ3v) is 3.71. The highest BCUT2D eigenvalue weighted by molar-refractivity contribution is 6.34. The number of aliphatic hydroxyl groups excluding tert-OH is 1. The van der Waals surface area contributed by atoms with Crippen LogP contribution in [0.1, 0.15) is 18.1 Å². The van der Waals surface area contributed by atoms with E-state index in [0.717, 1.165) is 11.1 Å². The van der Waals surface area contributed by atoms with E-state index in [1.165, 1.54) is 0 Å². The van der Waals surface area contributed by atoms with E-state index >= 15 is 0 Å². The van der Waals surface area contributed by atoms with Crippen LogP contribution in [0.4, 0.5) is 5.69 Å². The molecule has 0 radical (unpaired) electrons. The topological polar surface area (TPSA) is 58.6 Å². The number of ether oxygens (including phenoxy) is 1. The molecule has 0 saturated carbocycles. The van der Waals surface area contributed by atoms with Crippen LogP contribution in [0.25, 0.3) is 0 Å². The summed E-state index contributed by atoms with van der Waals surface area (Å²) in [6.07, 6.45) is -0.689. The molecule has 22 heavy (non-hydrogen) atoms. The second kappa shape index (κ2) is 7.29. The Hall–Kier alpha value is -2.04. The molecule has 1 amide bonds. The first-order valence-electron chi connectivity index (χ1n) is 6.93. The molecular weight excluding hydrogens is 302 g/mol. The highest BCUT2D eigenvalue weighted by atomic mass is 35.5. The second-order valence-electron chi connectivity index (χ2n) is 4.99. The van der Waals surface area contributed by atoms with E-state index in [-0.39, 0.29) is 12.5 Å². The van der Waals surface area contributed by atoms with Crippen molar-refractivity contribution >= 4 is 23.2 Å². The number of nitrogens with one attached hydrogen (secondary N) is 1. The minimum atomic E-state index is -0.689. The van der Waals surface area contributed by atoms with Gasteiger partial charge in [0.25, 0.3) is 5.91 Å². The van der Waals surface area contributed by atoms with Gasteiger partial charge in [0.1, 0.15) is 5.75 Å². The Morgan fingerprint density at radius 3 is 2.77 bits per heavy atom. The van der Waals surface area contributed by atoms with Gasteiger partial charge in [-0.3, -0.25) is 4.79 Å². The van der Waals surface area contributed by atoms with Gasteiger partial charge in [-0.05, 0) is 43.2 Å². The van der Waals surface area contributed by atoms with E-state index in [0.29, 0.717) is 16.5 Å². The summed E-state index contributed by atoms with van der Waals surface area (Å²) in [4.78, 5) is 12.2. The number of carbonyl (C=O) groups is 1. The standard InChI is InChI=1S/C17H18ClNO3/c1-11-5-3-8-15(16(11)18)19-17(21)12(2)22-14-7-4-6-13(9-14)10-20/h3-9,12,20H,10H2,1-2H3,(H,19,21). The maximum atomic E-state index is 12.2. The molecule has 2 aromatic carbocycles. The predicted octanol–water partition coefficient (Wildman–Crippen LogP) is 3.55. The number of hydrogen-bond acceptors (Lipinski definition) is 3. The van der Waals surface area contributed by atoms with Gasteiger partial charge in [0.15, 0.2) is 6.10 Å². The summed E-state index contributed by atoms with van der Waals surface area (Å²) in [7, 11) is 0. The van der Waals surface area contributed by atoms with Crippen molar-refractivity contribution in [2.75, 3.05) is 5.32 Å². The van der Waals surface area contributed by atoms with E-state index < -0.39 is 6.10 Å². The summed E-state index contributed by atoms with van der Waals surface area (Å²) in [6, 6.07) is 12.4. The maximum absolute atomic E-state index is 12.2. The molecule has 2 N–H and O–H groups in total. The van der Waals surface area contributed by atoms with Gasteiger partial charge in [-0.15, -0.1) is 0 Å². The van der Waals surface area contributed by atoms with Crippen molar-refractivity contribution in [3.05, 3.63) is 58.6 Å². The summed E-state index contributed by atoms with van der Waals surface area (Å²) >= 11 is 6.16. The zero-order valence-corrected chi connectivity index (χ0v) is 13.2. The van der Waals surface area contributed by atoms with E-state index in [4.69, 9.17) is 21.4 Å². The molecule has 0 spiro atoms. The molecule has 0 heterocycles. The SMILES string of the molecule is Cc1cccc(NC(=O)C(C)Oc2cccc(CO)c2)c1Cl. The van der Waals surface area contributed by atoms with Crippen LogP contribution in [0.5, 0.6) is 5.75 Å². The molecule has 0 saturated heterocycles. The first kappa shape index (κ1) is 16.3. The van der Waals surface area contributed by atoms with Gasteiger partial charge in [0, 0.05) is 0 Å². The average Bonchev–Trinajstić information content (AvgIpc) is 2.52. The molecule has 2 aromatic rings. The quantitative estimate of drug-likeness (QED) is 0.886. The van der Waals surface area contributed by atoms with E-state index in [2.05, 4.69) is 5.32 Å². The maximum Gasteiger partial charge on any atom is 0.265 e. The van der Waals surface area contributed by atoms with Crippen LogP contribution in [-0.2, 0) is 11.4 Å². The van der Waals surface area contributed by atoms with Crippen molar-refractivity contribution in [2.24, 2.45) is 0 Å². The molecule has 5 heteroatoms. The highest BCUT2D eigenvalue weighted by Gasteiger charge is 2.16. The summed E-state index contributed by atoms with van der Waals surface area (Å²) in [5, 5.41) is 12.4. The molecule has 0 bridgehead atoms. The molecule has 0 aliphatic heterocycles. The third-order valence-electron chi connectivity index (χ3n) is 3.21. The zero-order chi connectivity index (χ0) is 16.1. The van der Waals surface area contributed by atoms with Gasteiger partial charge in [-0.1, -0.05) is 35.9 Å². The van der Waals surface area contributed by atoms with Gasteiger partial charge in [0.2, 0.25) is 0 Å². The van der Waals surface area contributed by atoms with Crippen molar-refractivity contribution in [3.8, 4) is 5.75 Å². The Bertz CT molecular complexity index is 673. The smallest absolute Gasteiger partial charge is 0.265 e. The molecule has 0 aromatic heterocycles. The van der Waals surface area contributed by atoms with Crippen molar-refractivity contribution in [3.63, 3.8) is 0 Å². The Balaban J connectivity index is 2.04. The van der Waals surface area contributed by atoms with Crippen molar-refractivity contribution in [1.29, 1.82) is 0 Å². The largest absolute Gasteiger partial charge is 0.481 e. The number of carbonyl (C=O) groups excluding carboxylic acids is 1. The summed E-state index contributed by atoms with van der Waals surface area (Å²) < 4.78 is 5.59. The number of hydrogen-bond donors (Lipinski definition) is 2. The Morgan fingerprint density at radius 1 is 1.32 bits per heavy atom. The molecule has 4 nitrogen and oxygen atoms in total. The van der Waals surface area contributed by atoms with Crippen LogP contribution < -0.4 is 10.1 Å². The van der Waals surface area contributed by atoms with Crippen LogP contribution >= 0.6 is 11.6 Å². The van der Waals surface area contributed by atoms with Crippen LogP contribution in [0, 0.1) is 6.92 Å². The van der Waals surface area contributed by atoms with Crippen molar-refractivity contribution in [1.82, 2.24) is 0 Å². The lowest BCUT2D eigenvalue weighted by Crippen LogP contribution is -2.30. The van der Waals surface area contributed by atoms with Gasteiger partial charge in [-0.2, -0.15) is 0 Å². The van der Waals surface area contributed by atoms with Gasteiger partial charge >= 0.3 is 0 Å². The average molecular weight is 320 g/mol. The molecule has 2 rings (SSSR count). The Kier molecular flexibility index (Phi) is 5.41. The van der Waals surface area contributed by atoms with Gasteiger partial charge in [0.05, 0.1) is 17.3 Å². The molecule has 0 aliphatic rings. The van der Waals surface area contributed by atoms with Crippen LogP contribution in [-0.4, -0.2) is 17.1 Å². The first-order valence-corrected chi connectivity index (χ1v) is 7.31. The van der Waals surface area contributed by atoms with E-state index in [9.17, 15) is 4.79 Å². The molecule has 1 unspecified atom stereocenters. The number of rotatable bonds is 5. The Morgan fingerprint density at radius 2 is 2.05 bits per heavy atom. The molecule has 0 aliphatic carbocycles. The van der Waals surface area contributed by atoms with Crippen molar-refractivity contribution < 1.29 is 14.6 Å². The van der Waals surface area contributed by atoms with Crippen LogP contribution in [0.2, 0.25) is 5.02 Å². The summed E-state index contributed by atoms with van der Waals surface area (Å²) in [6.45, 7) is 3.46. The zero-order valence-electron chi connectivity index (χ0n) is 12.5. The first-order chi connectivity index (χ1) is 10.5. The lowest BCUT2D eigenvalue weighted by Gasteiger charge is -2.16. The number of benzene rings is 2. The monoisotopic (exact) mass is 319 g/mol. The summed E-state index contributed by atoms with van der Waals surface area (Å²) in [5.41, 5.74) is 2.18. The lowest BCUT2D eigenvalue weighted by molar-refractivity contribution is -0.122. The fourth-order valence-electron chi connectivity index (χ4n) is 1.95. The predicted molar refractivity (Wildman–Crippen MR) is 87.3 cm³/mol. The normalized spacial score (nSPS) is 11.8. The van der Waals surface area contributed by atoms with Crippen LogP contribution in [0.3, 0.4) is 0 Å². The number of anilines is 1. The second-order valence-corrected chi connectivity index (χ2v) is 5.37. The molecule has 0 fully saturated rings. The van der Waals surface area contributed by atoms with Crippen molar-refractivity contribution in [2.45, 2.75) is 26.6 Å². The third kappa shape index (κ3) is 4.00. The van der Waals surface area contributed by atoms with E-state index in [1.807, 2.05) is 19.1 Å².